The Morgan fingerprint density at radius 1 is 0.784 bits per heavy atom. The molecule has 4 heteroatoms. The van der Waals surface area contributed by atoms with Gasteiger partial charge in [-0.25, -0.2) is 0 Å². The lowest BCUT2D eigenvalue weighted by molar-refractivity contribution is -0.160. The zero-order valence-electron chi connectivity index (χ0n) is 27.2. The van der Waals surface area contributed by atoms with Gasteiger partial charge in [-0.3, -0.25) is 4.79 Å². The van der Waals surface area contributed by atoms with Crippen molar-refractivity contribution in [3.05, 3.63) is 25.0 Å². The number of carbonyl (C=O) groups is 1. The summed E-state index contributed by atoms with van der Waals surface area (Å²) in [4.78, 5) is 13.0. The van der Waals surface area contributed by atoms with E-state index in [9.17, 15) is 4.79 Å². The molecule has 0 bridgehead atoms. The number of esters is 1. The van der Waals surface area contributed by atoms with Crippen molar-refractivity contribution in [3.8, 4) is 0 Å². The third-order valence-electron chi connectivity index (χ3n) is 7.36. The highest BCUT2D eigenvalue weighted by molar-refractivity contribution is 5.70. The van der Waals surface area contributed by atoms with Gasteiger partial charge in [-0.1, -0.05) is 110 Å². The Morgan fingerprint density at radius 2 is 1.32 bits per heavy atom. The zero-order chi connectivity index (χ0) is 29.5. The number of carbonyl (C=O) groups excluding carboxylic acids is 1. The predicted octanol–water partition coefficient (Wildman–Crippen LogP) is 9.39. The molecule has 0 radical (unpaired) electrons. The van der Waals surface area contributed by atoms with Crippen molar-refractivity contribution in [3.63, 3.8) is 0 Å². The zero-order valence-corrected chi connectivity index (χ0v) is 27.2. The smallest absolute Gasteiger partial charge is 0.306 e. The van der Waals surface area contributed by atoms with Crippen LogP contribution in [0.1, 0.15) is 123 Å². The Hall–Kier alpha value is -1.29. The van der Waals surface area contributed by atoms with Crippen molar-refractivity contribution in [1.82, 2.24) is 0 Å². The van der Waals surface area contributed by atoms with Crippen LogP contribution in [0.3, 0.4) is 0 Å². The molecule has 0 amide bonds. The second-order valence-corrected chi connectivity index (χ2v) is 16.4. The van der Waals surface area contributed by atoms with Gasteiger partial charge in [-0.05, 0) is 45.3 Å². The van der Waals surface area contributed by atoms with Crippen LogP contribution in [0.2, 0.25) is 0 Å². The molecule has 0 heterocycles. The lowest BCUT2D eigenvalue weighted by atomic mass is 9.67. The minimum atomic E-state index is -0.492. The van der Waals surface area contributed by atoms with E-state index in [-0.39, 0.29) is 51.7 Å². The Labute approximate surface area is 231 Å². The van der Waals surface area contributed by atoms with Crippen LogP contribution in [0.15, 0.2) is 25.0 Å². The Morgan fingerprint density at radius 3 is 1.78 bits per heavy atom. The SMILES string of the molecule is C=CC(C)(C)CC(C)(C)COCC(COC(=C)CC(C)(C)CC(C)(C)C)OC(=O)CC(C)(C)C(C)(C)C. The number of hydrogen-bond donors (Lipinski definition) is 0. The van der Waals surface area contributed by atoms with E-state index in [2.05, 4.69) is 110 Å². The molecule has 0 N–H and O–H groups in total. The van der Waals surface area contributed by atoms with Crippen molar-refractivity contribution in [2.45, 2.75) is 129 Å². The number of allylic oxidation sites excluding steroid dienone is 2. The van der Waals surface area contributed by atoms with Gasteiger partial charge in [-0.2, -0.15) is 0 Å². The summed E-state index contributed by atoms with van der Waals surface area (Å²) in [6, 6.07) is 0. The molecule has 0 aliphatic rings. The average molecular weight is 523 g/mol. The van der Waals surface area contributed by atoms with Crippen molar-refractivity contribution >= 4 is 5.97 Å². The van der Waals surface area contributed by atoms with Gasteiger partial charge in [0.05, 0.1) is 25.4 Å². The molecule has 0 saturated heterocycles. The molecule has 4 nitrogen and oxygen atoms in total. The summed E-state index contributed by atoms with van der Waals surface area (Å²) in [5.41, 5.74) is 0.0533. The Balaban J connectivity index is 5.29. The normalized spacial score (nSPS) is 14.8. The molecule has 0 aromatic rings. The van der Waals surface area contributed by atoms with Crippen LogP contribution < -0.4 is 0 Å². The van der Waals surface area contributed by atoms with Gasteiger partial charge in [0.1, 0.15) is 6.61 Å². The third-order valence-corrected chi connectivity index (χ3v) is 7.36. The summed E-state index contributed by atoms with van der Waals surface area (Å²) in [6.45, 7) is 39.9. The topological polar surface area (TPSA) is 44.8 Å². The Kier molecular flexibility index (Phi) is 12.7. The summed E-state index contributed by atoms with van der Waals surface area (Å²) in [5.74, 6) is 0.501. The first-order valence-electron chi connectivity index (χ1n) is 14.0. The second kappa shape index (κ2) is 13.2. The first kappa shape index (κ1) is 35.7. The van der Waals surface area contributed by atoms with Crippen LogP contribution in [-0.4, -0.2) is 31.9 Å². The van der Waals surface area contributed by atoms with Crippen LogP contribution in [0.25, 0.3) is 0 Å². The van der Waals surface area contributed by atoms with E-state index < -0.39 is 6.10 Å². The second-order valence-electron chi connectivity index (χ2n) is 16.4. The first-order chi connectivity index (χ1) is 16.3. The van der Waals surface area contributed by atoms with Crippen molar-refractivity contribution in [1.29, 1.82) is 0 Å². The summed E-state index contributed by atoms with van der Waals surface area (Å²) >= 11 is 0. The maximum atomic E-state index is 13.0. The largest absolute Gasteiger partial charge is 0.495 e. The Bertz CT molecular complexity index is 741. The van der Waals surface area contributed by atoms with E-state index in [0.717, 1.165) is 25.0 Å². The molecule has 0 aliphatic carbocycles. The lowest BCUT2D eigenvalue weighted by Crippen LogP contribution is -2.36. The van der Waals surface area contributed by atoms with E-state index in [1.54, 1.807) is 0 Å². The van der Waals surface area contributed by atoms with Crippen LogP contribution in [0.5, 0.6) is 0 Å². The van der Waals surface area contributed by atoms with Crippen LogP contribution in [0.4, 0.5) is 0 Å². The van der Waals surface area contributed by atoms with Crippen LogP contribution in [0, 0.1) is 32.5 Å². The highest BCUT2D eigenvalue weighted by atomic mass is 16.6. The summed E-state index contributed by atoms with van der Waals surface area (Å²) in [6.07, 6.45) is 4.61. The molecule has 1 atom stereocenters. The number of rotatable bonds is 16. The monoisotopic (exact) mass is 522 g/mol. The number of hydrogen-bond acceptors (Lipinski definition) is 4. The molecule has 1 unspecified atom stereocenters. The van der Waals surface area contributed by atoms with E-state index in [1.165, 1.54) is 0 Å². The molecule has 0 aromatic heterocycles. The molecule has 0 aromatic carbocycles. The van der Waals surface area contributed by atoms with Crippen LogP contribution in [-0.2, 0) is 19.0 Å². The molecule has 0 aliphatic heterocycles. The molecule has 0 fully saturated rings. The van der Waals surface area contributed by atoms with E-state index in [4.69, 9.17) is 14.2 Å². The fraction of sp³-hybridized carbons (Fsp3) is 0.848. The quantitative estimate of drug-likeness (QED) is 0.115. The van der Waals surface area contributed by atoms with Gasteiger partial charge in [-0.15, -0.1) is 6.58 Å². The van der Waals surface area contributed by atoms with Crippen molar-refractivity contribution in [2.75, 3.05) is 19.8 Å². The number of ether oxygens (including phenoxy) is 3. The maximum Gasteiger partial charge on any atom is 0.306 e. The molecule has 0 rings (SSSR count). The average Bonchev–Trinajstić information content (AvgIpc) is 2.61. The van der Waals surface area contributed by atoms with Gasteiger partial charge >= 0.3 is 5.97 Å². The molecular weight excluding hydrogens is 460 g/mol. The third kappa shape index (κ3) is 15.7. The molecule has 218 valence electrons. The highest BCUT2D eigenvalue weighted by Gasteiger charge is 2.36. The predicted molar refractivity (Wildman–Crippen MR) is 158 cm³/mol. The summed E-state index contributed by atoms with van der Waals surface area (Å²) in [5, 5.41) is 0. The van der Waals surface area contributed by atoms with Crippen molar-refractivity contribution in [2.24, 2.45) is 32.5 Å². The summed E-state index contributed by atoms with van der Waals surface area (Å²) in [7, 11) is 0. The van der Waals surface area contributed by atoms with Gasteiger partial charge in [0, 0.05) is 6.42 Å². The van der Waals surface area contributed by atoms with Gasteiger partial charge in [0.2, 0.25) is 0 Å². The van der Waals surface area contributed by atoms with E-state index in [0.29, 0.717) is 13.0 Å². The molecular formula is C33H62O4. The summed E-state index contributed by atoms with van der Waals surface area (Å²) < 4.78 is 18.1. The van der Waals surface area contributed by atoms with Crippen LogP contribution >= 0.6 is 0 Å². The molecule has 0 saturated carbocycles. The first-order valence-corrected chi connectivity index (χ1v) is 14.0. The van der Waals surface area contributed by atoms with Gasteiger partial charge in [0.15, 0.2) is 6.10 Å². The maximum absolute atomic E-state index is 13.0. The minimum absolute atomic E-state index is 0.0244. The van der Waals surface area contributed by atoms with E-state index >= 15 is 0 Å². The standard InChI is InChI=1S/C33H62O4/c1-17-30(9,10)23-32(13,14)24-35-20-26(37-27(34)19-33(15,16)29(6,7)8)21-36-25(2)18-31(11,12)22-28(3,4)5/h17,26H,1-2,18-24H2,3-16H3. The minimum Gasteiger partial charge on any atom is -0.495 e. The van der Waals surface area contributed by atoms with Gasteiger partial charge < -0.3 is 14.2 Å². The fourth-order valence-corrected chi connectivity index (χ4v) is 5.09. The van der Waals surface area contributed by atoms with Crippen molar-refractivity contribution < 1.29 is 19.0 Å². The van der Waals surface area contributed by atoms with E-state index in [1.807, 2.05) is 6.08 Å². The fourth-order valence-electron chi connectivity index (χ4n) is 5.09. The highest BCUT2D eigenvalue weighted by Crippen LogP contribution is 2.41. The molecule has 0 spiro atoms. The lowest BCUT2D eigenvalue weighted by Gasteiger charge is -2.38. The molecule has 37 heavy (non-hydrogen) atoms. The van der Waals surface area contributed by atoms with Gasteiger partial charge in [0.25, 0.3) is 0 Å².